The second-order valence-corrected chi connectivity index (χ2v) is 8.49. The van der Waals surface area contributed by atoms with Crippen molar-refractivity contribution in [3.63, 3.8) is 0 Å². The van der Waals surface area contributed by atoms with E-state index >= 15 is 0 Å². The number of rotatable bonds is 9. The van der Waals surface area contributed by atoms with Crippen molar-refractivity contribution in [1.82, 2.24) is 20.1 Å². The number of hydrogen-bond donors (Lipinski definition) is 2. The van der Waals surface area contributed by atoms with Gasteiger partial charge in [-0.2, -0.15) is 0 Å². The van der Waals surface area contributed by atoms with Gasteiger partial charge in [0, 0.05) is 30.4 Å². The van der Waals surface area contributed by atoms with E-state index in [2.05, 4.69) is 20.8 Å². The molecule has 0 fully saturated rings. The van der Waals surface area contributed by atoms with Gasteiger partial charge >= 0.3 is 0 Å². The molecule has 1 aromatic heterocycles. The molecule has 2 aromatic carbocycles. The number of carbonyl (C=O) groups is 2. The lowest BCUT2D eigenvalue weighted by molar-refractivity contribution is -0.384. The minimum Gasteiger partial charge on any atom is -0.345 e. The van der Waals surface area contributed by atoms with Gasteiger partial charge in [0.05, 0.1) is 16.7 Å². The van der Waals surface area contributed by atoms with Gasteiger partial charge in [0.1, 0.15) is 0 Å². The van der Waals surface area contributed by atoms with E-state index in [1.54, 1.807) is 17.7 Å². The number of aromatic nitrogens is 3. The summed E-state index contributed by atoms with van der Waals surface area (Å²) in [5.41, 5.74) is 2.00. The smallest absolute Gasteiger partial charge is 0.269 e. The summed E-state index contributed by atoms with van der Waals surface area (Å²) in [4.78, 5) is 35.4. The molecule has 10 nitrogen and oxygen atoms in total. The number of nitrogens with one attached hydrogen (secondary N) is 2. The van der Waals surface area contributed by atoms with Gasteiger partial charge in [-0.25, -0.2) is 0 Å². The summed E-state index contributed by atoms with van der Waals surface area (Å²) in [6, 6.07) is 13.0. The number of carbonyl (C=O) groups excluding carboxylic acids is 2. The van der Waals surface area contributed by atoms with E-state index in [1.165, 1.54) is 36.0 Å². The summed E-state index contributed by atoms with van der Waals surface area (Å²) < 4.78 is 1.74. The molecule has 2 N–H and O–H groups in total. The number of aryl methyl sites for hydroxylation is 1. The summed E-state index contributed by atoms with van der Waals surface area (Å²) in [7, 11) is 1.78. The highest BCUT2D eigenvalue weighted by molar-refractivity contribution is 8.00. The minimum absolute atomic E-state index is 0.0458. The molecule has 3 rings (SSSR count). The van der Waals surface area contributed by atoms with Crippen LogP contribution in [0.2, 0.25) is 0 Å². The molecule has 0 bridgehead atoms. The minimum atomic E-state index is -0.495. The lowest BCUT2D eigenvalue weighted by atomic mass is 10.1. The van der Waals surface area contributed by atoms with Crippen LogP contribution >= 0.6 is 11.8 Å². The Hall–Kier alpha value is -3.73. The monoisotopic (exact) mass is 468 g/mol. The highest BCUT2D eigenvalue weighted by Gasteiger charge is 2.22. The van der Waals surface area contributed by atoms with E-state index in [1.807, 2.05) is 32.0 Å². The molecule has 11 heteroatoms. The summed E-state index contributed by atoms with van der Waals surface area (Å²) in [6.45, 7) is 4.00. The standard InChI is InChI=1S/C22H24N6O4S/c1-4-18(21(30)24-16-8-10-17(11-9-16)28(31)32)33-22-26-25-19(27(22)3)13-23-20(29)15-7-5-6-14(2)12-15/h5-12,18H,4,13H2,1-3H3,(H,23,29)(H,24,30)/t18-/m0/s1. The molecule has 0 aliphatic rings. The maximum atomic E-state index is 12.7. The molecule has 0 aliphatic carbocycles. The van der Waals surface area contributed by atoms with E-state index in [-0.39, 0.29) is 24.0 Å². The number of hydrogen-bond acceptors (Lipinski definition) is 7. The third kappa shape index (κ3) is 6.16. The van der Waals surface area contributed by atoms with E-state index in [0.717, 1.165) is 5.56 Å². The lowest BCUT2D eigenvalue weighted by Gasteiger charge is -2.14. The van der Waals surface area contributed by atoms with Gasteiger partial charge in [0.25, 0.3) is 11.6 Å². The number of anilines is 1. The van der Waals surface area contributed by atoms with Crippen molar-refractivity contribution in [2.45, 2.75) is 37.2 Å². The van der Waals surface area contributed by atoms with Crippen LogP contribution in [-0.4, -0.2) is 36.8 Å². The van der Waals surface area contributed by atoms with Crippen LogP contribution < -0.4 is 10.6 Å². The summed E-state index contributed by atoms with van der Waals surface area (Å²) in [6.07, 6.45) is 0.537. The highest BCUT2D eigenvalue weighted by Crippen LogP contribution is 2.25. The molecule has 172 valence electrons. The topological polar surface area (TPSA) is 132 Å². The van der Waals surface area contributed by atoms with Crippen LogP contribution in [-0.2, 0) is 18.4 Å². The first kappa shape index (κ1) is 23.9. The molecule has 33 heavy (non-hydrogen) atoms. The van der Waals surface area contributed by atoms with Crippen molar-refractivity contribution < 1.29 is 14.5 Å². The molecule has 2 amide bonds. The number of benzene rings is 2. The van der Waals surface area contributed by atoms with Crippen LogP contribution in [0.3, 0.4) is 0 Å². The van der Waals surface area contributed by atoms with E-state index in [0.29, 0.717) is 28.7 Å². The van der Waals surface area contributed by atoms with Gasteiger partial charge in [-0.05, 0) is 37.6 Å². The van der Waals surface area contributed by atoms with Gasteiger partial charge in [-0.15, -0.1) is 10.2 Å². The molecule has 0 saturated heterocycles. The molecular weight excluding hydrogens is 444 g/mol. The third-order valence-electron chi connectivity index (χ3n) is 4.87. The van der Waals surface area contributed by atoms with Gasteiger partial charge < -0.3 is 15.2 Å². The van der Waals surface area contributed by atoms with Crippen LogP contribution in [0.15, 0.2) is 53.7 Å². The van der Waals surface area contributed by atoms with Crippen molar-refractivity contribution in [1.29, 1.82) is 0 Å². The number of nitrogens with zero attached hydrogens (tertiary/aromatic N) is 4. The summed E-state index contributed by atoms with van der Waals surface area (Å²) in [5.74, 6) is 0.114. The van der Waals surface area contributed by atoms with E-state index in [4.69, 9.17) is 0 Å². The molecule has 0 spiro atoms. The van der Waals surface area contributed by atoms with Crippen molar-refractivity contribution >= 4 is 35.0 Å². The molecule has 0 radical (unpaired) electrons. The molecular formula is C22H24N6O4S. The number of amides is 2. The molecule has 0 unspecified atom stereocenters. The Bertz CT molecular complexity index is 1160. The summed E-state index contributed by atoms with van der Waals surface area (Å²) >= 11 is 1.26. The zero-order chi connectivity index (χ0) is 24.0. The maximum Gasteiger partial charge on any atom is 0.269 e. The maximum absolute atomic E-state index is 12.7. The average molecular weight is 469 g/mol. The van der Waals surface area contributed by atoms with Gasteiger partial charge in [0.15, 0.2) is 11.0 Å². The Balaban J connectivity index is 1.60. The van der Waals surface area contributed by atoms with Crippen LogP contribution in [0.25, 0.3) is 0 Å². The second-order valence-electron chi connectivity index (χ2n) is 7.32. The molecule has 3 aromatic rings. The van der Waals surface area contributed by atoms with Crippen molar-refractivity contribution in [3.05, 3.63) is 75.6 Å². The van der Waals surface area contributed by atoms with Gasteiger partial charge in [0.2, 0.25) is 5.91 Å². The first-order valence-electron chi connectivity index (χ1n) is 10.2. The van der Waals surface area contributed by atoms with Crippen molar-refractivity contribution in [2.75, 3.05) is 5.32 Å². The zero-order valence-corrected chi connectivity index (χ0v) is 19.3. The van der Waals surface area contributed by atoms with Crippen molar-refractivity contribution in [3.8, 4) is 0 Å². The number of nitro benzene ring substituents is 1. The fraction of sp³-hybridized carbons (Fsp3) is 0.273. The predicted octanol–water partition coefficient (Wildman–Crippen LogP) is 3.47. The molecule has 0 aliphatic heterocycles. The summed E-state index contributed by atoms with van der Waals surface area (Å²) in [5, 5.41) is 24.8. The number of non-ortho nitro benzene ring substituents is 1. The highest BCUT2D eigenvalue weighted by atomic mass is 32.2. The average Bonchev–Trinajstić information content (AvgIpc) is 3.15. The van der Waals surface area contributed by atoms with Crippen LogP contribution in [0, 0.1) is 17.0 Å². The molecule has 1 atom stereocenters. The second kappa shape index (κ2) is 10.7. The van der Waals surface area contributed by atoms with Crippen LogP contribution in [0.5, 0.6) is 0 Å². The molecule has 1 heterocycles. The Morgan fingerprint density at radius 3 is 2.55 bits per heavy atom. The SMILES string of the molecule is CC[C@H](Sc1nnc(CNC(=O)c2cccc(C)c2)n1C)C(=O)Nc1ccc([N+](=O)[O-])cc1. The zero-order valence-electron chi connectivity index (χ0n) is 18.4. The Morgan fingerprint density at radius 2 is 1.91 bits per heavy atom. The third-order valence-corrected chi connectivity index (χ3v) is 6.27. The largest absolute Gasteiger partial charge is 0.345 e. The number of thioether (sulfide) groups is 1. The van der Waals surface area contributed by atoms with Gasteiger partial charge in [-0.3, -0.25) is 19.7 Å². The van der Waals surface area contributed by atoms with Crippen molar-refractivity contribution in [2.24, 2.45) is 7.05 Å². The van der Waals surface area contributed by atoms with Crippen LogP contribution in [0.1, 0.15) is 35.1 Å². The fourth-order valence-electron chi connectivity index (χ4n) is 2.99. The van der Waals surface area contributed by atoms with Crippen LogP contribution in [0.4, 0.5) is 11.4 Å². The van der Waals surface area contributed by atoms with E-state index in [9.17, 15) is 19.7 Å². The fourth-order valence-corrected chi connectivity index (χ4v) is 3.93. The lowest BCUT2D eigenvalue weighted by Crippen LogP contribution is -2.25. The Morgan fingerprint density at radius 1 is 1.18 bits per heavy atom. The Labute approximate surface area is 194 Å². The van der Waals surface area contributed by atoms with Gasteiger partial charge in [-0.1, -0.05) is 36.4 Å². The Kier molecular flexibility index (Phi) is 7.78. The number of nitro groups is 1. The quantitative estimate of drug-likeness (QED) is 0.279. The van der Waals surface area contributed by atoms with E-state index < -0.39 is 10.2 Å². The first-order valence-corrected chi connectivity index (χ1v) is 11.1. The first-order chi connectivity index (χ1) is 15.8. The predicted molar refractivity (Wildman–Crippen MR) is 125 cm³/mol. The molecule has 0 saturated carbocycles. The normalized spacial score (nSPS) is 11.6.